The van der Waals surface area contributed by atoms with Crippen molar-refractivity contribution < 1.29 is 0 Å². The molecule has 90 valence electrons. The van der Waals surface area contributed by atoms with Crippen LogP contribution in [0.1, 0.15) is 40.0 Å². The second kappa shape index (κ2) is 5.90. The minimum absolute atomic E-state index is 0.121. The van der Waals surface area contributed by atoms with Crippen LogP contribution in [0.5, 0.6) is 0 Å². The van der Waals surface area contributed by atoms with E-state index in [-0.39, 0.29) is 5.54 Å². The second-order valence-corrected chi connectivity index (χ2v) is 4.89. The number of hydrogen-bond acceptors (Lipinski definition) is 2. The summed E-state index contributed by atoms with van der Waals surface area (Å²) >= 11 is 0. The smallest absolute Gasteiger partial charge is 0.0547 e. The molecule has 0 atom stereocenters. The molecule has 1 N–H and O–H groups in total. The van der Waals surface area contributed by atoms with E-state index in [1.807, 2.05) is 6.08 Å². The molecule has 1 rings (SSSR count). The van der Waals surface area contributed by atoms with Gasteiger partial charge in [-0.1, -0.05) is 18.2 Å². The molecule has 0 amide bonds. The van der Waals surface area contributed by atoms with E-state index in [9.17, 15) is 0 Å². The minimum Gasteiger partial charge on any atom is -0.322 e. The van der Waals surface area contributed by atoms with Gasteiger partial charge in [0, 0.05) is 12.2 Å². The molecular formula is C14H24N2. The predicted molar refractivity (Wildman–Crippen MR) is 70.9 cm³/mol. The van der Waals surface area contributed by atoms with E-state index in [0.717, 1.165) is 19.4 Å². The Morgan fingerprint density at radius 2 is 2.12 bits per heavy atom. The lowest BCUT2D eigenvalue weighted by Crippen LogP contribution is -2.44. The van der Waals surface area contributed by atoms with Gasteiger partial charge in [-0.15, -0.1) is 6.58 Å². The van der Waals surface area contributed by atoms with E-state index < -0.39 is 0 Å². The highest BCUT2D eigenvalue weighted by molar-refractivity contribution is 5.15. The molecular weight excluding hydrogens is 196 g/mol. The maximum absolute atomic E-state index is 3.72. The van der Waals surface area contributed by atoms with E-state index in [1.165, 1.54) is 12.1 Å². The molecule has 0 bridgehead atoms. The fraction of sp³-hybridized carbons (Fsp3) is 0.571. The van der Waals surface area contributed by atoms with Gasteiger partial charge in [0.1, 0.15) is 0 Å². The zero-order chi connectivity index (χ0) is 12.0. The van der Waals surface area contributed by atoms with Gasteiger partial charge in [-0.2, -0.15) is 0 Å². The van der Waals surface area contributed by atoms with Gasteiger partial charge in [-0.05, 0) is 46.1 Å². The Balaban J connectivity index is 2.26. The van der Waals surface area contributed by atoms with Gasteiger partial charge in [-0.3, -0.25) is 0 Å². The maximum atomic E-state index is 3.72. The summed E-state index contributed by atoms with van der Waals surface area (Å²) in [6.07, 6.45) is 12.2. The summed E-state index contributed by atoms with van der Waals surface area (Å²) in [5, 5.41) is 2.26. The Morgan fingerprint density at radius 3 is 2.69 bits per heavy atom. The van der Waals surface area contributed by atoms with Crippen molar-refractivity contribution in [1.29, 1.82) is 0 Å². The zero-order valence-electron chi connectivity index (χ0n) is 10.8. The van der Waals surface area contributed by atoms with Crippen LogP contribution < -0.4 is 5.43 Å². The van der Waals surface area contributed by atoms with Crippen LogP contribution in [0.25, 0.3) is 0 Å². The molecule has 16 heavy (non-hydrogen) atoms. The number of rotatable bonds is 6. The monoisotopic (exact) mass is 220 g/mol. The van der Waals surface area contributed by atoms with E-state index in [2.05, 4.69) is 56.0 Å². The predicted octanol–water partition coefficient (Wildman–Crippen LogP) is 3.40. The number of hydrazine groups is 1. The molecule has 0 fully saturated rings. The first kappa shape index (κ1) is 13.0. The second-order valence-electron chi connectivity index (χ2n) is 4.89. The van der Waals surface area contributed by atoms with Gasteiger partial charge in [0.25, 0.3) is 0 Å². The number of unbranched alkanes of at least 4 members (excludes halogenated alkanes) is 2. The van der Waals surface area contributed by atoms with E-state index in [1.54, 1.807) is 0 Å². The molecule has 0 aromatic rings. The average Bonchev–Trinajstić information content (AvgIpc) is 2.45. The lowest BCUT2D eigenvalue weighted by atomic mass is 10.1. The SMILES string of the molecule is C=CCCCC=CCN1NC(C)=CC1(C)C. The highest BCUT2D eigenvalue weighted by Gasteiger charge is 2.28. The van der Waals surface area contributed by atoms with Gasteiger partial charge in [0.05, 0.1) is 5.54 Å². The van der Waals surface area contributed by atoms with Crippen LogP contribution in [0.15, 0.2) is 36.6 Å². The lowest BCUT2D eigenvalue weighted by molar-refractivity contribution is 0.154. The molecule has 2 nitrogen and oxygen atoms in total. The van der Waals surface area contributed by atoms with Crippen LogP contribution in [0, 0.1) is 0 Å². The van der Waals surface area contributed by atoms with Crippen molar-refractivity contribution >= 4 is 0 Å². The van der Waals surface area contributed by atoms with Gasteiger partial charge in [-0.25, -0.2) is 5.01 Å². The topological polar surface area (TPSA) is 15.3 Å². The first-order chi connectivity index (χ1) is 7.56. The highest BCUT2D eigenvalue weighted by Crippen LogP contribution is 2.21. The Labute approximate surface area is 99.7 Å². The molecule has 1 aliphatic heterocycles. The quantitative estimate of drug-likeness (QED) is 0.545. The third-order valence-electron chi connectivity index (χ3n) is 2.81. The molecule has 0 aliphatic carbocycles. The lowest BCUT2D eigenvalue weighted by Gasteiger charge is -2.29. The zero-order valence-corrected chi connectivity index (χ0v) is 10.8. The molecule has 0 saturated heterocycles. The van der Waals surface area contributed by atoms with Crippen LogP contribution in [0.3, 0.4) is 0 Å². The van der Waals surface area contributed by atoms with E-state index in [0.29, 0.717) is 0 Å². The van der Waals surface area contributed by atoms with Gasteiger partial charge < -0.3 is 5.43 Å². The summed E-state index contributed by atoms with van der Waals surface area (Å²) in [7, 11) is 0. The van der Waals surface area contributed by atoms with Crippen LogP contribution in [0.4, 0.5) is 0 Å². The number of allylic oxidation sites excluding steroid dienone is 3. The maximum Gasteiger partial charge on any atom is 0.0547 e. The van der Waals surface area contributed by atoms with E-state index in [4.69, 9.17) is 0 Å². The number of hydrogen-bond donors (Lipinski definition) is 1. The van der Waals surface area contributed by atoms with Crippen LogP contribution >= 0.6 is 0 Å². The van der Waals surface area contributed by atoms with Crippen molar-refractivity contribution in [2.75, 3.05) is 6.54 Å². The molecule has 0 aromatic carbocycles. The van der Waals surface area contributed by atoms with Gasteiger partial charge in [0.2, 0.25) is 0 Å². The van der Waals surface area contributed by atoms with Crippen molar-refractivity contribution in [3.05, 3.63) is 36.6 Å². The molecule has 1 aliphatic rings. The summed E-state index contributed by atoms with van der Waals surface area (Å²) in [6, 6.07) is 0. The van der Waals surface area contributed by atoms with Crippen LogP contribution in [-0.2, 0) is 0 Å². The van der Waals surface area contributed by atoms with Gasteiger partial charge >= 0.3 is 0 Å². The third-order valence-corrected chi connectivity index (χ3v) is 2.81. The summed E-state index contributed by atoms with van der Waals surface area (Å²) in [6.45, 7) is 11.2. The molecule has 0 radical (unpaired) electrons. The Hall–Kier alpha value is -1.02. The highest BCUT2D eigenvalue weighted by atomic mass is 15.6. The third kappa shape index (κ3) is 3.86. The van der Waals surface area contributed by atoms with Crippen molar-refractivity contribution in [3.8, 4) is 0 Å². The molecule has 0 aromatic heterocycles. The number of nitrogens with zero attached hydrogens (tertiary/aromatic N) is 1. The largest absolute Gasteiger partial charge is 0.322 e. The van der Waals surface area contributed by atoms with Crippen molar-refractivity contribution in [3.63, 3.8) is 0 Å². The van der Waals surface area contributed by atoms with E-state index >= 15 is 0 Å². The first-order valence-electron chi connectivity index (χ1n) is 6.06. The fourth-order valence-electron chi connectivity index (χ4n) is 1.96. The van der Waals surface area contributed by atoms with Crippen molar-refractivity contribution in [1.82, 2.24) is 10.4 Å². The normalized spacial score (nSPS) is 19.8. The molecule has 2 heteroatoms. The molecule has 1 heterocycles. The Morgan fingerprint density at radius 1 is 1.38 bits per heavy atom. The average molecular weight is 220 g/mol. The molecule has 0 unspecified atom stereocenters. The minimum atomic E-state index is 0.121. The summed E-state index contributed by atoms with van der Waals surface area (Å²) in [5.41, 5.74) is 4.73. The van der Waals surface area contributed by atoms with Crippen LogP contribution in [0.2, 0.25) is 0 Å². The first-order valence-corrected chi connectivity index (χ1v) is 6.06. The number of nitrogens with one attached hydrogen (secondary N) is 1. The molecule has 0 saturated carbocycles. The fourth-order valence-corrected chi connectivity index (χ4v) is 1.96. The van der Waals surface area contributed by atoms with Crippen molar-refractivity contribution in [2.24, 2.45) is 0 Å². The van der Waals surface area contributed by atoms with Gasteiger partial charge in [0.15, 0.2) is 0 Å². The standard InChI is InChI=1S/C14H24N2/c1-5-6-7-8-9-10-11-16-14(3,4)12-13(2)15-16/h5,9-10,12,15H,1,6-8,11H2,2-4H3. The Kier molecular flexibility index (Phi) is 4.81. The molecule has 0 spiro atoms. The summed E-state index contributed by atoms with van der Waals surface area (Å²) in [5.74, 6) is 0. The van der Waals surface area contributed by atoms with Crippen LogP contribution in [-0.4, -0.2) is 17.1 Å². The Bertz CT molecular complexity index is 287. The summed E-state index contributed by atoms with van der Waals surface area (Å²) in [4.78, 5) is 0. The van der Waals surface area contributed by atoms with Crippen molar-refractivity contribution in [2.45, 2.75) is 45.6 Å². The summed E-state index contributed by atoms with van der Waals surface area (Å²) < 4.78 is 0.